The van der Waals surface area contributed by atoms with Crippen LogP contribution in [0, 0.1) is 0 Å². The van der Waals surface area contributed by atoms with Crippen LogP contribution in [0.15, 0.2) is 170 Å². The molecule has 0 N–H and O–H groups in total. The van der Waals surface area contributed by atoms with E-state index in [4.69, 9.17) is 0 Å². The van der Waals surface area contributed by atoms with Crippen molar-refractivity contribution in [2.45, 2.75) is 0 Å². The zero-order valence-corrected chi connectivity index (χ0v) is 24.1. The van der Waals surface area contributed by atoms with Crippen LogP contribution in [0.5, 0.6) is 0 Å². The maximum Gasteiger partial charge on any atom is 0.0548 e. The summed E-state index contributed by atoms with van der Waals surface area (Å²) >= 11 is 0. The van der Waals surface area contributed by atoms with E-state index in [1.165, 1.54) is 65.9 Å². The Bertz CT molecular complexity index is 2270. The molecule has 0 fully saturated rings. The van der Waals surface area contributed by atoms with Crippen molar-refractivity contribution in [3.8, 4) is 33.6 Å². The van der Waals surface area contributed by atoms with E-state index in [0.717, 1.165) is 11.4 Å². The van der Waals surface area contributed by atoms with E-state index >= 15 is 0 Å². The monoisotopic (exact) mass is 560 g/mol. The van der Waals surface area contributed by atoms with Gasteiger partial charge in [0.1, 0.15) is 0 Å². The first-order valence-corrected chi connectivity index (χ1v) is 15.1. The third-order valence-corrected chi connectivity index (χ3v) is 8.93. The van der Waals surface area contributed by atoms with Crippen molar-refractivity contribution in [2.75, 3.05) is 0 Å². The fourth-order valence-electron chi connectivity index (χ4n) is 6.85. The molecule has 0 bridgehead atoms. The van der Waals surface area contributed by atoms with Crippen LogP contribution in [0.2, 0.25) is 0 Å². The zero-order chi connectivity index (χ0) is 29.0. The van der Waals surface area contributed by atoms with Crippen molar-refractivity contribution < 1.29 is 0 Å². The molecule has 0 saturated carbocycles. The number of para-hydroxylation sites is 2. The van der Waals surface area contributed by atoms with E-state index in [9.17, 15) is 0 Å². The predicted octanol–water partition coefficient (Wildman–Crippen LogP) is 11.2. The van der Waals surface area contributed by atoms with Gasteiger partial charge in [-0.3, -0.25) is 0 Å². The molecule has 0 radical (unpaired) electrons. The Morgan fingerprint density at radius 3 is 1.00 bits per heavy atom. The molecule has 44 heavy (non-hydrogen) atoms. The highest BCUT2D eigenvalue weighted by Gasteiger charge is 2.18. The maximum absolute atomic E-state index is 2.42. The van der Waals surface area contributed by atoms with Gasteiger partial charge in [-0.05, 0) is 70.8 Å². The topological polar surface area (TPSA) is 9.86 Å². The van der Waals surface area contributed by atoms with E-state index in [0.29, 0.717) is 0 Å². The number of nitrogens with zero attached hydrogens (tertiary/aromatic N) is 2. The van der Waals surface area contributed by atoms with Crippen LogP contribution >= 0.6 is 0 Å². The molecule has 0 spiro atoms. The van der Waals surface area contributed by atoms with Gasteiger partial charge < -0.3 is 9.13 Å². The fraction of sp³-hybridized carbons (Fsp3) is 0. The highest BCUT2D eigenvalue weighted by Crippen LogP contribution is 2.40. The highest BCUT2D eigenvalue weighted by atomic mass is 15.0. The van der Waals surface area contributed by atoms with Gasteiger partial charge in [0.2, 0.25) is 0 Å². The van der Waals surface area contributed by atoms with Gasteiger partial charge in [-0.25, -0.2) is 0 Å². The number of hydrogen-bond acceptors (Lipinski definition) is 0. The summed E-state index contributed by atoms with van der Waals surface area (Å²) in [7, 11) is 0. The molecule has 9 rings (SSSR count). The van der Waals surface area contributed by atoms with Gasteiger partial charge in [0.15, 0.2) is 0 Å². The molecule has 0 aliphatic carbocycles. The fourth-order valence-corrected chi connectivity index (χ4v) is 6.85. The van der Waals surface area contributed by atoms with Crippen molar-refractivity contribution in [3.05, 3.63) is 170 Å². The smallest absolute Gasteiger partial charge is 0.0548 e. The summed E-state index contributed by atoms with van der Waals surface area (Å²) in [4.78, 5) is 0. The number of fused-ring (bicyclic) bond motifs is 6. The van der Waals surface area contributed by atoms with Gasteiger partial charge in [0.25, 0.3) is 0 Å². The molecule has 0 aliphatic rings. The van der Waals surface area contributed by atoms with Crippen LogP contribution in [0.1, 0.15) is 0 Å². The van der Waals surface area contributed by atoms with Crippen LogP contribution in [-0.2, 0) is 0 Å². The largest absolute Gasteiger partial charge is 0.309 e. The predicted molar refractivity (Wildman–Crippen MR) is 186 cm³/mol. The van der Waals surface area contributed by atoms with Gasteiger partial charge >= 0.3 is 0 Å². The lowest BCUT2D eigenvalue weighted by Gasteiger charge is -2.11. The first kappa shape index (κ1) is 24.7. The average molecular weight is 561 g/mol. The lowest BCUT2D eigenvalue weighted by molar-refractivity contribution is 1.17. The Morgan fingerprint density at radius 2 is 0.591 bits per heavy atom. The summed E-state index contributed by atoms with van der Waals surface area (Å²) in [5.74, 6) is 0. The standard InChI is InChI=1S/C42H28N2/c1-3-11-29(12-4-1)31-19-23-33(24-20-31)43-39-17-9-7-15-35(39)37-28-42-38(27-41(37)43)36-16-8-10-18-40(36)44(42)34-25-21-32(22-26-34)30-13-5-2-6-14-30/h1-28H. The summed E-state index contributed by atoms with van der Waals surface area (Å²) in [6.07, 6.45) is 0. The van der Waals surface area contributed by atoms with Crippen molar-refractivity contribution in [2.24, 2.45) is 0 Å². The normalized spacial score (nSPS) is 11.6. The van der Waals surface area contributed by atoms with Crippen molar-refractivity contribution in [1.82, 2.24) is 9.13 Å². The number of aromatic nitrogens is 2. The minimum Gasteiger partial charge on any atom is -0.309 e. The van der Waals surface area contributed by atoms with E-state index < -0.39 is 0 Å². The Hall–Kier alpha value is -5.86. The van der Waals surface area contributed by atoms with Crippen LogP contribution in [0.3, 0.4) is 0 Å². The van der Waals surface area contributed by atoms with Gasteiger partial charge in [-0.15, -0.1) is 0 Å². The maximum atomic E-state index is 2.42. The van der Waals surface area contributed by atoms with Gasteiger partial charge in [-0.1, -0.05) is 121 Å². The number of rotatable bonds is 4. The number of benzene rings is 7. The third kappa shape index (κ3) is 3.82. The van der Waals surface area contributed by atoms with Crippen molar-refractivity contribution in [1.29, 1.82) is 0 Å². The van der Waals surface area contributed by atoms with E-state index in [1.807, 2.05) is 0 Å². The summed E-state index contributed by atoms with van der Waals surface area (Å²) in [6, 6.07) is 61.4. The van der Waals surface area contributed by atoms with Crippen molar-refractivity contribution in [3.63, 3.8) is 0 Å². The minimum absolute atomic E-state index is 1.16. The van der Waals surface area contributed by atoms with Crippen molar-refractivity contribution >= 4 is 43.6 Å². The summed E-state index contributed by atoms with van der Waals surface area (Å²) in [5, 5.41) is 5.02. The van der Waals surface area contributed by atoms with Crippen LogP contribution in [0.4, 0.5) is 0 Å². The molecule has 2 heteroatoms. The number of hydrogen-bond donors (Lipinski definition) is 0. The van der Waals surface area contributed by atoms with Gasteiger partial charge in [0, 0.05) is 32.9 Å². The lowest BCUT2D eigenvalue weighted by atomic mass is 10.1. The molecule has 0 amide bonds. The molecular weight excluding hydrogens is 532 g/mol. The Balaban J connectivity index is 1.28. The zero-order valence-electron chi connectivity index (χ0n) is 24.1. The second kappa shape index (κ2) is 9.86. The molecule has 0 aliphatic heterocycles. The Kier molecular flexibility index (Phi) is 5.54. The van der Waals surface area contributed by atoms with Gasteiger partial charge in [-0.2, -0.15) is 0 Å². The highest BCUT2D eigenvalue weighted by molar-refractivity contribution is 6.19. The molecular formula is C42H28N2. The second-order valence-corrected chi connectivity index (χ2v) is 11.4. The SMILES string of the molecule is c1ccc(-c2ccc(-n3c4ccccc4c4cc5c(cc43)c3ccccc3n5-c3ccc(-c4ccccc4)cc3)cc2)cc1. The van der Waals surface area contributed by atoms with E-state index in [-0.39, 0.29) is 0 Å². The average Bonchev–Trinajstić information content (AvgIpc) is 3.60. The molecule has 9 aromatic rings. The van der Waals surface area contributed by atoms with E-state index in [1.54, 1.807) is 0 Å². The molecule has 2 heterocycles. The third-order valence-electron chi connectivity index (χ3n) is 8.93. The first-order valence-electron chi connectivity index (χ1n) is 15.1. The second-order valence-electron chi connectivity index (χ2n) is 11.4. The summed E-state index contributed by atoms with van der Waals surface area (Å²) < 4.78 is 4.83. The summed E-state index contributed by atoms with van der Waals surface area (Å²) in [6.45, 7) is 0. The lowest BCUT2D eigenvalue weighted by Crippen LogP contribution is -1.95. The molecule has 206 valence electrons. The quantitative estimate of drug-likeness (QED) is 0.203. The minimum atomic E-state index is 1.16. The molecule has 0 unspecified atom stereocenters. The van der Waals surface area contributed by atoms with Gasteiger partial charge in [0.05, 0.1) is 22.1 Å². The Morgan fingerprint density at radius 1 is 0.250 bits per heavy atom. The van der Waals surface area contributed by atoms with Crippen LogP contribution in [-0.4, -0.2) is 9.13 Å². The van der Waals surface area contributed by atoms with Crippen LogP contribution in [0.25, 0.3) is 77.2 Å². The molecule has 0 atom stereocenters. The molecule has 7 aromatic carbocycles. The summed E-state index contributed by atoms with van der Waals surface area (Å²) in [5.41, 5.74) is 12.1. The molecule has 2 nitrogen and oxygen atoms in total. The molecule has 0 saturated heterocycles. The first-order chi connectivity index (χ1) is 21.8. The van der Waals surface area contributed by atoms with Crippen LogP contribution < -0.4 is 0 Å². The Labute approximate surface area is 255 Å². The molecule has 2 aromatic heterocycles. The van der Waals surface area contributed by atoms with E-state index in [2.05, 4.69) is 179 Å².